The van der Waals surface area contributed by atoms with E-state index in [0.717, 1.165) is 16.7 Å². The Morgan fingerprint density at radius 1 is 1.07 bits per heavy atom. The SMILES string of the molecule is COc1cc(C)c(S(=O)(=O)N2Cc3ccccc3CC2COCC(=O)N2CCC(O)(c3cccnc3)CC2)c(C)c1. The number of ether oxygens (including phenoxy) is 2. The number of carbonyl (C=O) groups excluding carboxylic acids is 1. The van der Waals surface area contributed by atoms with Gasteiger partial charge in [-0.1, -0.05) is 30.3 Å². The lowest BCUT2D eigenvalue weighted by molar-refractivity contribution is -0.141. The quantitative estimate of drug-likeness (QED) is 0.436. The van der Waals surface area contributed by atoms with Crippen molar-refractivity contribution in [2.75, 3.05) is 33.4 Å². The van der Waals surface area contributed by atoms with Gasteiger partial charge in [-0.05, 0) is 73.6 Å². The van der Waals surface area contributed by atoms with E-state index in [9.17, 15) is 18.3 Å². The number of hydrogen-bond donors (Lipinski definition) is 1. The second-order valence-electron chi connectivity index (χ2n) is 10.9. The lowest BCUT2D eigenvalue weighted by Crippen LogP contribution is -2.48. The van der Waals surface area contributed by atoms with Gasteiger partial charge in [-0.2, -0.15) is 4.31 Å². The largest absolute Gasteiger partial charge is 0.497 e. The van der Waals surface area contributed by atoms with Crippen LogP contribution in [0.3, 0.4) is 0 Å². The Bertz CT molecular complexity index is 1480. The van der Waals surface area contributed by atoms with E-state index in [1.54, 1.807) is 56.4 Å². The van der Waals surface area contributed by atoms with Crippen molar-refractivity contribution in [1.29, 1.82) is 0 Å². The van der Waals surface area contributed by atoms with Gasteiger partial charge < -0.3 is 19.5 Å². The maximum atomic E-state index is 14.1. The minimum absolute atomic E-state index is 0.0843. The van der Waals surface area contributed by atoms with E-state index in [1.807, 2.05) is 30.3 Å². The van der Waals surface area contributed by atoms with Gasteiger partial charge in [0.2, 0.25) is 15.9 Å². The number of aromatic nitrogens is 1. The highest BCUT2D eigenvalue weighted by atomic mass is 32.2. The first-order valence-corrected chi connectivity index (χ1v) is 15.3. The average molecular weight is 580 g/mol. The fraction of sp³-hybridized carbons (Fsp3) is 0.419. The monoisotopic (exact) mass is 579 g/mol. The molecule has 218 valence electrons. The summed E-state index contributed by atoms with van der Waals surface area (Å²) in [5.41, 5.74) is 3.02. The van der Waals surface area contributed by atoms with Gasteiger partial charge in [-0.3, -0.25) is 9.78 Å². The molecule has 1 amide bonds. The Kier molecular flexibility index (Phi) is 8.47. The molecule has 1 saturated heterocycles. The number of amides is 1. The van der Waals surface area contributed by atoms with Crippen LogP contribution in [0.2, 0.25) is 0 Å². The molecule has 1 atom stereocenters. The summed E-state index contributed by atoms with van der Waals surface area (Å²) in [7, 11) is -2.32. The maximum Gasteiger partial charge on any atom is 0.248 e. The number of fused-ring (bicyclic) bond motifs is 1. The summed E-state index contributed by atoms with van der Waals surface area (Å²) in [6, 6.07) is 14.5. The van der Waals surface area contributed by atoms with Crippen molar-refractivity contribution < 1.29 is 27.8 Å². The predicted molar refractivity (Wildman–Crippen MR) is 154 cm³/mol. The van der Waals surface area contributed by atoms with Crippen LogP contribution in [0, 0.1) is 13.8 Å². The maximum absolute atomic E-state index is 14.1. The summed E-state index contributed by atoms with van der Waals surface area (Å²) in [4.78, 5) is 19.1. The third-order valence-electron chi connectivity index (χ3n) is 8.22. The summed E-state index contributed by atoms with van der Waals surface area (Å²) in [5, 5.41) is 11.1. The first-order chi connectivity index (χ1) is 19.6. The van der Waals surface area contributed by atoms with Gasteiger partial charge >= 0.3 is 0 Å². The topological polar surface area (TPSA) is 109 Å². The van der Waals surface area contributed by atoms with Gasteiger partial charge in [0.1, 0.15) is 12.4 Å². The standard InChI is InChI=1S/C31H37N3O6S/c1-22-15-28(39-3)16-23(2)30(22)41(37,38)34-19-25-8-5-4-7-24(25)17-27(34)20-40-21-29(35)33-13-10-31(36,11-14-33)26-9-6-12-32-18-26/h4-9,12,15-16,18,27,36H,10-11,13-14,17,19-21H2,1-3H3. The number of methoxy groups -OCH3 is 1. The molecule has 1 unspecified atom stereocenters. The molecule has 2 aliphatic heterocycles. The number of rotatable bonds is 8. The minimum atomic E-state index is -3.88. The lowest BCUT2D eigenvalue weighted by Gasteiger charge is -2.38. The Labute approximate surface area is 241 Å². The molecule has 0 bridgehead atoms. The normalized spacial score (nSPS) is 19.0. The molecule has 0 saturated carbocycles. The van der Waals surface area contributed by atoms with Crippen LogP contribution in [0.1, 0.15) is 40.7 Å². The molecule has 3 aromatic rings. The van der Waals surface area contributed by atoms with Gasteiger partial charge in [-0.15, -0.1) is 0 Å². The molecule has 0 aliphatic carbocycles. The number of carbonyl (C=O) groups is 1. The van der Waals surface area contributed by atoms with E-state index in [1.165, 1.54) is 4.31 Å². The van der Waals surface area contributed by atoms with Crippen LogP contribution in [-0.4, -0.2) is 73.1 Å². The number of nitrogens with zero attached hydrogens (tertiary/aromatic N) is 3. The van der Waals surface area contributed by atoms with Crippen molar-refractivity contribution in [3.05, 3.63) is 88.7 Å². The highest BCUT2D eigenvalue weighted by Gasteiger charge is 2.38. The van der Waals surface area contributed by atoms with E-state index in [0.29, 0.717) is 49.2 Å². The van der Waals surface area contributed by atoms with Crippen molar-refractivity contribution in [2.45, 2.75) is 56.2 Å². The van der Waals surface area contributed by atoms with Gasteiger partial charge in [0.05, 0.1) is 30.3 Å². The van der Waals surface area contributed by atoms with Gasteiger partial charge in [-0.25, -0.2) is 8.42 Å². The Morgan fingerprint density at radius 2 is 1.76 bits per heavy atom. The summed E-state index contributed by atoms with van der Waals surface area (Å²) >= 11 is 0. The highest BCUT2D eigenvalue weighted by Crippen LogP contribution is 2.34. The molecule has 0 radical (unpaired) electrons. The Balaban J connectivity index is 1.28. The molecule has 0 spiro atoms. The fourth-order valence-corrected chi connectivity index (χ4v) is 7.97. The first kappa shape index (κ1) is 29.2. The molecule has 9 nitrogen and oxygen atoms in total. The van der Waals surface area contributed by atoms with E-state index in [2.05, 4.69) is 4.98 Å². The van der Waals surface area contributed by atoms with Crippen molar-refractivity contribution in [3.8, 4) is 5.75 Å². The Morgan fingerprint density at radius 3 is 2.39 bits per heavy atom. The third-order valence-corrected chi connectivity index (χ3v) is 10.4. The van der Waals surface area contributed by atoms with Gasteiger partial charge in [0, 0.05) is 37.6 Å². The van der Waals surface area contributed by atoms with E-state index in [4.69, 9.17) is 9.47 Å². The number of benzene rings is 2. The van der Waals surface area contributed by atoms with E-state index >= 15 is 0 Å². The first-order valence-electron chi connectivity index (χ1n) is 13.8. The number of piperidine rings is 1. The molecule has 2 aliphatic rings. The molecular weight excluding hydrogens is 542 g/mol. The molecule has 41 heavy (non-hydrogen) atoms. The smallest absolute Gasteiger partial charge is 0.248 e. The predicted octanol–water partition coefficient (Wildman–Crippen LogP) is 3.35. The number of aliphatic hydroxyl groups is 1. The second-order valence-corrected chi connectivity index (χ2v) is 12.8. The fourth-order valence-electron chi connectivity index (χ4n) is 5.97. The zero-order chi connectivity index (χ0) is 29.2. The lowest BCUT2D eigenvalue weighted by atomic mass is 9.85. The van der Waals surface area contributed by atoms with Crippen molar-refractivity contribution in [3.63, 3.8) is 0 Å². The molecule has 3 heterocycles. The summed E-state index contributed by atoms with van der Waals surface area (Å²) in [6.45, 7) is 4.52. The molecule has 1 N–H and O–H groups in total. The zero-order valence-corrected chi connectivity index (χ0v) is 24.6. The number of pyridine rings is 1. The molecule has 2 aromatic carbocycles. The summed E-state index contributed by atoms with van der Waals surface area (Å²) < 4.78 is 40.9. The summed E-state index contributed by atoms with van der Waals surface area (Å²) in [6.07, 6.45) is 4.64. The number of likely N-dealkylation sites (tertiary alicyclic amines) is 1. The van der Waals surface area contributed by atoms with Crippen LogP contribution < -0.4 is 4.74 Å². The number of hydrogen-bond acceptors (Lipinski definition) is 7. The summed E-state index contributed by atoms with van der Waals surface area (Å²) in [5.74, 6) is 0.434. The van der Waals surface area contributed by atoms with Crippen molar-refractivity contribution >= 4 is 15.9 Å². The highest BCUT2D eigenvalue weighted by molar-refractivity contribution is 7.89. The van der Waals surface area contributed by atoms with Crippen LogP contribution in [0.4, 0.5) is 0 Å². The zero-order valence-electron chi connectivity index (χ0n) is 23.7. The van der Waals surface area contributed by atoms with Gasteiger partial charge in [0.15, 0.2) is 0 Å². The second kappa shape index (κ2) is 11.9. The van der Waals surface area contributed by atoms with Crippen LogP contribution in [0.25, 0.3) is 0 Å². The van der Waals surface area contributed by atoms with Crippen LogP contribution >= 0.6 is 0 Å². The van der Waals surface area contributed by atoms with Crippen LogP contribution in [0.15, 0.2) is 65.8 Å². The van der Waals surface area contributed by atoms with Crippen LogP contribution in [0.5, 0.6) is 5.75 Å². The van der Waals surface area contributed by atoms with Crippen molar-refractivity contribution in [2.24, 2.45) is 0 Å². The molecule has 5 rings (SSSR count). The minimum Gasteiger partial charge on any atom is -0.497 e. The molecule has 10 heteroatoms. The van der Waals surface area contributed by atoms with Gasteiger partial charge in [0.25, 0.3) is 0 Å². The molecule has 1 fully saturated rings. The van der Waals surface area contributed by atoms with Crippen molar-refractivity contribution in [1.82, 2.24) is 14.2 Å². The average Bonchev–Trinajstić information content (AvgIpc) is 2.97. The van der Waals surface area contributed by atoms with E-state index in [-0.39, 0.29) is 30.6 Å². The number of sulfonamides is 1. The molecule has 1 aromatic heterocycles. The van der Waals surface area contributed by atoms with Crippen LogP contribution in [-0.2, 0) is 38.1 Å². The van der Waals surface area contributed by atoms with E-state index < -0.39 is 21.7 Å². The number of aryl methyl sites for hydroxylation is 2. The molecular formula is C31H37N3O6S. The third kappa shape index (κ3) is 6.01. The Hall–Kier alpha value is -3.31.